The van der Waals surface area contributed by atoms with Gasteiger partial charge in [-0.2, -0.15) is 0 Å². The largest absolute Gasteiger partial charge is 0.323 e. The first-order valence-electron chi connectivity index (χ1n) is 7.75. The van der Waals surface area contributed by atoms with Gasteiger partial charge in [-0.1, -0.05) is 12.1 Å². The fraction of sp³-hybridized carbons (Fsp3) is 0.0526. The summed E-state index contributed by atoms with van der Waals surface area (Å²) in [4.78, 5) is 17.2. The molecule has 0 saturated carbocycles. The molecule has 4 aromatic rings. The zero-order chi connectivity index (χ0) is 17.2. The summed E-state index contributed by atoms with van der Waals surface area (Å²) >= 11 is 0. The molecule has 4 rings (SSSR count). The third-order valence-corrected chi connectivity index (χ3v) is 3.82. The second-order valence-corrected chi connectivity index (χ2v) is 5.66. The Morgan fingerprint density at radius 1 is 0.960 bits per heavy atom. The molecular formula is C19H14FN5. The number of hydrogen-bond donors (Lipinski definition) is 1. The highest BCUT2D eigenvalue weighted by Crippen LogP contribution is 2.31. The minimum absolute atomic E-state index is 0.388. The zero-order valence-corrected chi connectivity index (χ0v) is 13.4. The van der Waals surface area contributed by atoms with Crippen molar-refractivity contribution < 1.29 is 4.39 Å². The Balaban J connectivity index is 1.83. The first-order valence-corrected chi connectivity index (χ1v) is 7.75. The molecule has 0 radical (unpaired) electrons. The number of hydrogen-bond acceptors (Lipinski definition) is 5. The molecule has 25 heavy (non-hydrogen) atoms. The smallest absolute Gasteiger partial charge is 0.158 e. The van der Waals surface area contributed by atoms with Crippen LogP contribution in [0.2, 0.25) is 0 Å². The average Bonchev–Trinajstić information content (AvgIpc) is 2.64. The van der Waals surface area contributed by atoms with Crippen molar-refractivity contribution in [3.8, 4) is 11.1 Å². The van der Waals surface area contributed by atoms with Crippen LogP contribution in [0, 0.1) is 12.7 Å². The molecule has 4 heterocycles. The van der Waals surface area contributed by atoms with Gasteiger partial charge >= 0.3 is 0 Å². The van der Waals surface area contributed by atoms with E-state index in [1.165, 1.54) is 12.3 Å². The van der Waals surface area contributed by atoms with Crippen LogP contribution in [-0.4, -0.2) is 19.9 Å². The maximum Gasteiger partial charge on any atom is 0.158 e. The number of nitrogens with zero attached hydrogens (tertiary/aromatic N) is 4. The van der Waals surface area contributed by atoms with Gasteiger partial charge < -0.3 is 5.32 Å². The van der Waals surface area contributed by atoms with Gasteiger partial charge in [0, 0.05) is 41.3 Å². The molecule has 4 aromatic heterocycles. The number of aryl methyl sites for hydroxylation is 1. The third kappa shape index (κ3) is 3.01. The van der Waals surface area contributed by atoms with Gasteiger partial charge in [-0.3, -0.25) is 9.97 Å². The molecule has 0 fully saturated rings. The van der Waals surface area contributed by atoms with Gasteiger partial charge in [0.05, 0.1) is 6.20 Å². The normalized spacial score (nSPS) is 10.8. The number of aromatic nitrogens is 4. The van der Waals surface area contributed by atoms with Crippen molar-refractivity contribution in [2.45, 2.75) is 6.92 Å². The summed E-state index contributed by atoms with van der Waals surface area (Å²) in [7, 11) is 0. The molecule has 0 aliphatic heterocycles. The van der Waals surface area contributed by atoms with Gasteiger partial charge in [0.1, 0.15) is 17.2 Å². The topological polar surface area (TPSA) is 63.6 Å². The van der Waals surface area contributed by atoms with E-state index in [-0.39, 0.29) is 5.82 Å². The Hall–Kier alpha value is -3.41. The number of pyridine rings is 4. The van der Waals surface area contributed by atoms with Crippen LogP contribution in [0.3, 0.4) is 0 Å². The molecule has 0 aromatic carbocycles. The van der Waals surface area contributed by atoms with E-state index >= 15 is 0 Å². The summed E-state index contributed by atoms with van der Waals surface area (Å²) in [6.45, 7) is 1.98. The predicted octanol–water partition coefficient (Wildman–Crippen LogP) is 4.28. The highest BCUT2D eigenvalue weighted by molar-refractivity contribution is 5.99. The van der Waals surface area contributed by atoms with Crippen LogP contribution in [-0.2, 0) is 0 Å². The summed E-state index contributed by atoms with van der Waals surface area (Å²) in [6.07, 6.45) is 7.96. The van der Waals surface area contributed by atoms with Crippen LogP contribution in [0.5, 0.6) is 0 Å². The fourth-order valence-corrected chi connectivity index (χ4v) is 2.61. The predicted molar refractivity (Wildman–Crippen MR) is 95.0 cm³/mol. The van der Waals surface area contributed by atoms with Crippen LogP contribution in [0.1, 0.15) is 5.56 Å². The summed E-state index contributed by atoms with van der Waals surface area (Å²) < 4.78 is 13.5. The van der Waals surface area contributed by atoms with Crippen molar-refractivity contribution in [1.82, 2.24) is 19.9 Å². The number of nitrogens with one attached hydrogen (secondary N) is 1. The SMILES string of the molecule is Cc1ccc(Nc2ncc(-c3cncc(F)c3)c3cccnc23)nc1. The average molecular weight is 331 g/mol. The van der Waals surface area contributed by atoms with E-state index < -0.39 is 0 Å². The van der Waals surface area contributed by atoms with Crippen LogP contribution < -0.4 is 5.32 Å². The van der Waals surface area contributed by atoms with E-state index in [1.807, 2.05) is 31.2 Å². The lowest BCUT2D eigenvalue weighted by molar-refractivity contribution is 0.622. The number of halogens is 1. The van der Waals surface area contributed by atoms with Crippen molar-refractivity contribution in [2.24, 2.45) is 0 Å². The monoisotopic (exact) mass is 331 g/mol. The standard InChI is InChI=1S/C19H14FN5/c1-12-4-5-17(23-8-12)25-19-18-15(3-2-6-22-18)16(11-24-19)13-7-14(20)10-21-9-13/h2-11H,1H3,(H,23,24,25). The van der Waals surface area contributed by atoms with Crippen molar-refractivity contribution in [3.63, 3.8) is 0 Å². The summed E-state index contributed by atoms with van der Waals surface area (Å²) in [6, 6.07) is 9.06. The van der Waals surface area contributed by atoms with E-state index in [0.717, 1.165) is 16.5 Å². The Morgan fingerprint density at radius 3 is 2.68 bits per heavy atom. The third-order valence-electron chi connectivity index (χ3n) is 3.82. The number of fused-ring (bicyclic) bond motifs is 1. The van der Waals surface area contributed by atoms with E-state index in [9.17, 15) is 4.39 Å². The van der Waals surface area contributed by atoms with Crippen LogP contribution >= 0.6 is 0 Å². The van der Waals surface area contributed by atoms with Gasteiger partial charge in [-0.15, -0.1) is 0 Å². The first kappa shape index (κ1) is 15.1. The van der Waals surface area contributed by atoms with E-state index in [0.29, 0.717) is 22.7 Å². The van der Waals surface area contributed by atoms with Crippen molar-refractivity contribution in [1.29, 1.82) is 0 Å². The second-order valence-electron chi connectivity index (χ2n) is 5.66. The summed E-state index contributed by atoms with van der Waals surface area (Å²) in [5, 5.41) is 4.05. The van der Waals surface area contributed by atoms with Gasteiger partial charge in [0.25, 0.3) is 0 Å². The molecule has 0 saturated heterocycles. The Morgan fingerprint density at radius 2 is 1.88 bits per heavy atom. The minimum Gasteiger partial charge on any atom is -0.323 e. The maximum atomic E-state index is 13.5. The van der Waals surface area contributed by atoms with Gasteiger partial charge in [0.2, 0.25) is 0 Å². The highest BCUT2D eigenvalue weighted by Gasteiger charge is 2.11. The molecule has 122 valence electrons. The maximum absolute atomic E-state index is 13.5. The molecular weight excluding hydrogens is 317 g/mol. The zero-order valence-electron chi connectivity index (χ0n) is 13.4. The molecule has 1 N–H and O–H groups in total. The Labute approximate surface area is 143 Å². The Bertz CT molecular complexity index is 1050. The molecule has 0 atom stereocenters. The fourth-order valence-electron chi connectivity index (χ4n) is 2.61. The van der Waals surface area contributed by atoms with Crippen molar-refractivity contribution in [3.05, 3.63) is 72.7 Å². The van der Waals surface area contributed by atoms with Gasteiger partial charge in [0.15, 0.2) is 5.82 Å². The summed E-state index contributed by atoms with van der Waals surface area (Å²) in [5.74, 6) is 0.894. The van der Waals surface area contributed by atoms with E-state index in [1.54, 1.807) is 24.8 Å². The van der Waals surface area contributed by atoms with Crippen molar-refractivity contribution >= 4 is 22.5 Å². The molecule has 5 nitrogen and oxygen atoms in total. The Kier molecular flexibility index (Phi) is 3.78. The molecule has 0 bridgehead atoms. The van der Waals surface area contributed by atoms with Gasteiger partial charge in [-0.25, -0.2) is 14.4 Å². The van der Waals surface area contributed by atoms with Gasteiger partial charge in [-0.05, 0) is 30.7 Å². The van der Waals surface area contributed by atoms with E-state index in [2.05, 4.69) is 25.3 Å². The lowest BCUT2D eigenvalue weighted by Crippen LogP contribution is -1.99. The number of anilines is 2. The molecule has 0 aliphatic carbocycles. The van der Waals surface area contributed by atoms with Crippen LogP contribution in [0.25, 0.3) is 22.0 Å². The second kappa shape index (κ2) is 6.24. The molecule has 6 heteroatoms. The molecule has 0 aliphatic rings. The van der Waals surface area contributed by atoms with Crippen LogP contribution in [0.4, 0.5) is 16.0 Å². The molecule has 0 unspecified atom stereocenters. The number of rotatable bonds is 3. The first-order chi connectivity index (χ1) is 12.2. The van der Waals surface area contributed by atoms with Crippen molar-refractivity contribution in [2.75, 3.05) is 5.32 Å². The van der Waals surface area contributed by atoms with Crippen LogP contribution in [0.15, 0.2) is 61.3 Å². The highest BCUT2D eigenvalue weighted by atomic mass is 19.1. The quantitative estimate of drug-likeness (QED) is 0.607. The minimum atomic E-state index is -0.388. The lowest BCUT2D eigenvalue weighted by Gasteiger charge is -2.11. The summed E-state index contributed by atoms with van der Waals surface area (Å²) in [5.41, 5.74) is 3.20. The lowest BCUT2D eigenvalue weighted by atomic mass is 10.0. The molecule has 0 amide bonds. The molecule has 0 spiro atoms. The van der Waals surface area contributed by atoms with E-state index in [4.69, 9.17) is 0 Å².